The van der Waals surface area contributed by atoms with E-state index in [9.17, 15) is 4.79 Å². The summed E-state index contributed by atoms with van der Waals surface area (Å²) >= 11 is 0. The molecule has 1 fully saturated rings. The van der Waals surface area contributed by atoms with Crippen molar-refractivity contribution in [2.45, 2.75) is 52.6 Å². The lowest BCUT2D eigenvalue weighted by molar-refractivity contribution is -0.142. The minimum Gasteiger partial charge on any atom is -0.481 e. The zero-order valence-corrected chi connectivity index (χ0v) is 9.95. The van der Waals surface area contributed by atoms with Gasteiger partial charge in [0.05, 0.1) is 12.5 Å². The van der Waals surface area contributed by atoms with Gasteiger partial charge in [0.1, 0.15) is 0 Å². The van der Waals surface area contributed by atoms with Gasteiger partial charge in [-0.1, -0.05) is 20.8 Å². The lowest BCUT2D eigenvalue weighted by atomic mass is 9.76. The molecule has 0 spiro atoms. The van der Waals surface area contributed by atoms with E-state index < -0.39 is 5.97 Å². The van der Waals surface area contributed by atoms with Crippen molar-refractivity contribution in [3.63, 3.8) is 0 Å². The standard InChI is InChI=1S/C12H22O3/c1-9(2)6-10-7-12(3,4-5-15-10)8-11(13)14/h9-10H,4-8H2,1-3H3,(H,13,14)/t10-,12-/m0/s1. The molecule has 3 heteroatoms. The normalized spacial score (nSPS) is 31.9. The summed E-state index contributed by atoms with van der Waals surface area (Å²) < 4.78 is 5.67. The van der Waals surface area contributed by atoms with Crippen molar-refractivity contribution in [3.8, 4) is 0 Å². The van der Waals surface area contributed by atoms with E-state index in [1.807, 2.05) is 0 Å². The van der Waals surface area contributed by atoms with E-state index in [1.54, 1.807) is 0 Å². The van der Waals surface area contributed by atoms with Crippen molar-refractivity contribution in [3.05, 3.63) is 0 Å². The van der Waals surface area contributed by atoms with E-state index in [-0.39, 0.29) is 17.9 Å². The smallest absolute Gasteiger partial charge is 0.303 e. The van der Waals surface area contributed by atoms with Crippen molar-refractivity contribution in [1.29, 1.82) is 0 Å². The van der Waals surface area contributed by atoms with E-state index in [1.165, 1.54) is 0 Å². The number of carboxylic acid groups (broad SMARTS) is 1. The van der Waals surface area contributed by atoms with Crippen LogP contribution in [0.15, 0.2) is 0 Å². The van der Waals surface area contributed by atoms with Crippen molar-refractivity contribution >= 4 is 5.97 Å². The molecule has 88 valence electrons. The van der Waals surface area contributed by atoms with E-state index >= 15 is 0 Å². The van der Waals surface area contributed by atoms with Gasteiger partial charge in [0.2, 0.25) is 0 Å². The van der Waals surface area contributed by atoms with E-state index in [4.69, 9.17) is 9.84 Å². The molecule has 0 bridgehead atoms. The van der Waals surface area contributed by atoms with Gasteiger partial charge in [-0.3, -0.25) is 4.79 Å². The Balaban J connectivity index is 2.50. The fourth-order valence-corrected chi connectivity index (χ4v) is 2.39. The first-order valence-corrected chi connectivity index (χ1v) is 5.75. The fourth-order valence-electron chi connectivity index (χ4n) is 2.39. The van der Waals surface area contributed by atoms with Crippen LogP contribution >= 0.6 is 0 Å². The Morgan fingerprint density at radius 3 is 2.80 bits per heavy atom. The second kappa shape index (κ2) is 4.97. The number of carbonyl (C=O) groups is 1. The molecule has 0 aromatic carbocycles. The molecule has 0 unspecified atom stereocenters. The van der Waals surface area contributed by atoms with Gasteiger partial charge in [0.25, 0.3) is 0 Å². The molecule has 15 heavy (non-hydrogen) atoms. The zero-order chi connectivity index (χ0) is 11.5. The molecular formula is C12H22O3. The molecular weight excluding hydrogens is 192 g/mol. The number of hydrogen-bond donors (Lipinski definition) is 1. The second-order valence-corrected chi connectivity index (χ2v) is 5.46. The molecule has 1 aliphatic rings. The Morgan fingerprint density at radius 2 is 2.27 bits per heavy atom. The summed E-state index contributed by atoms with van der Waals surface area (Å²) in [6.45, 7) is 7.12. The summed E-state index contributed by atoms with van der Waals surface area (Å²) in [7, 11) is 0. The SMILES string of the molecule is CC(C)C[C@H]1C[C@@](C)(CC(=O)O)CCO1. The summed E-state index contributed by atoms with van der Waals surface area (Å²) in [5, 5.41) is 8.86. The van der Waals surface area contributed by atoms with Gasteiger partial charge in [-0.05, 0) is 30.6 Å². The van der Waals surface area contributed by atoms with Crippen LogP contribution in [0.1, 0.15) is 46.5 Å². The lowest BCUT2D eigenvalue weighted by Gasteiger charge is -2.37. The third-order valence-corrected chi connectivity index (χ3v) is 3.09. The van der Waals surface area contributed by atoms with Crippen molar-refractivity contribution < 1.29 is 14.6 Å². The number of ether oxygens (including phenoxy) is 1. The van der Waals surface area contributed by atoms with Crippen LogP contribution in [-0.4, -0.2) is 23.8 Å². The van der Waals surface area contributed by atoms with Crippen LogP contribution in [0.3, 0.4) is 0 Å². The van der Waals surface area contributed by atoms with Crippen molar-refractivity contribution in [1.82, 2.24) is 0 Å². The van der Waals surface area contributed by atoms with Gasteiger partial charge in [-0.15, -0.1) is 0 Å². The van der Waals surface area contributed by atoms with Crippen LogP contribution in [0, 0.1) is 11.3 Å². The topological polar surface area (TPSA) is 46.5 Å². The van der Waals surface area contributed by atoms with E-state index in [0.717, 1.165) is 19.3 Å². The maximum Gasteiger partial charge on any atom is 0.303 e. The minimum atomic E-state index is -0.692. The van der Waals surface area contributed by atoms with Gasteiger partial charge in [-0.2, -0.15) is 0 Å². The quantitative estimate of drug-likeness (QED) is 0.782. The third-order valence-electron chi connectivity index (χ3n) is 3.09. The summed E-state index contributed by atoms with van der Waals surface area (Å²) in [4.78, 5) is 10.8. The highest BCUT2D eigenvalue weighted by Crippen LogP contribution is 2.37. The third kappa shape index (κ3) is 4.20. The summed E-state index contributed by atoms with van der Waals surface area (Å²) in [5.74, 6) is -0.0788. The minimum absolute atomic E-state index is 0.0658. The molecule has 0 aliphatic carbocycles. The predicted molar refractivity (Wildman–Crippen MR) is 58.8 cm³/mol. The van der Waals surface area contributed by atoms with E-state index in [0.29, 0.717) is 12.5 Å². The molecule has 1 rings (SSSR count). The molecule has 1 N–H and O–H groups in total. The predicted octanol–water partition coefficient (Wildman–Crippen LogP) is 2.69. The molecule has 1 heterocycles. The highest BCUT2D eigenvalue weighted by atomic mass is 16.5. The number of carboxylic acids is 1. The van der Waals surface area contributed by atoms with Crippen molar-refractivity contribution in [2.24, 2.45) is 11.3 Å². The summed E-state index contributed by atoms with van der Waals surface area (Å²) in [5.41, 5.74) is -0.0658. The second-order valence-electron chi connectivity index (χ2n) is 5.46. The average Bonchev–Trinajstić information content (AvgIpc) is 1.99. The van der Waals surface area contributed by atoms with Crippen LogP contribution in [0.2, 0.25) is 0 Å². The first kappa shape index (κ1) is 12.5. The molecule has 0 saturated carbocycles. The lowest BCUT2D eigenvalue weighted by Crippen LogP contribution is -2.35. The van der Waals surface area contributed by atoms with Gasteiger partial charge >= 0.3 is 5.97 Å². The first-order valence-electron chi connectivity index (χ1n) is 5.75. The molecule has 3 nitrogen and oxygen atoms in total. The Labute approximate surface area is 91.8 Å². The molecule has 0 radical (unpaired) electrons. The van der Waals surface area contributed by atoms with E-state index in [2.05, 4.69) is 20.8 Å². The Morgan fingerprint density at radius 1 is 1.60 bits per heavy atom. The Hall–Kier alpha value is -0.570. The van der Waals surface area contributed by atoms with Crippen molar-refractivity contribution in [2.75, 3.05) is 6.61 Å². The number of rotatable bonds is 4. The molecule has 1 aliphatic heterocycles. The van der Waals surface area contributed by atoms with Gasteiger partial charge in [-0.25, -0.2) is 0 Å². The van der Waals surface area contributed by atoms with Crippen LogP contribution < -0.4 is 0 Å². The largest absolute Gasteiger partial charge is 0.481 e. The van der Waals surface area contributed by atoms with Crippen LogP contribution in [0.5, 0.6) is 0 Å². The maximum absolute atomic E-state index is 10.8. The monoisotopic (exact) mass is 214 g/mol. The summed E-state index contributed by atoms with van der Waals surface area (Å²) in [6, 6.07) is 0. The highest BCUT2D eigenvalue weighted by Gasteiger charge is 2.34. The average molecular weight is 214 g/mol. The van der Waals surface area contributed by atoms with Crippen LogP contribution in [0.4, 0.5) is 0 Å². The van der Waals surface area contributed by atoms with Gasteiger partial charge in [0.15, 0.2) is 0 Å². The Kier molecular flexibility index (Phi) is 4.14. The number of aliphatic carboxylic acids is 1. The fraction of sp³-hybridized carbons (Fsp3) is 0.917. The Bertz CT molecular complexity index is 225. The zero-order valence-electron chi connectivity index (χ0n) is 9.95. The molecule has 0 amide bonds. The molecule has 2 atom stereocenters. The molecule has 0 aromatic heterocycles. The van der Waals surface area contributed by atoms with Crippen LogP contribution in [0.25, 0.3) is 0 Å². The summed E-state index contributed by atoms with van der Waals surface area (Å²) in [6.07, 6.45) is 3.31. The highest BCUT2D eigenvalue weighted by molar-refractivity contribution is 5.67. The van der Waals surface area contributed by atoms with Gasteiger partial charge < -0.3 is 9.84 Å². The van der Waals surface area contributed by atoms with Crippen LogP contribution in [-0.2, 0) is 9.53 Å². The molecule has 1 saturated heterocycles. The molecule has 0 aromatic rings. The maximum atomic E-state index is 10.8. The number of hydrogen-bond acceptors (Lipinski definition) is 2. The first-order chi connectivity index (χ1) is 6.91. The van der Waals surface area contributed by atoms with Gasteiger partial charge in [0, 0.05) is 6.61 Å².